The molecule has 0 saturated carbocycles. The van der Waals surface area contributed by atoms with Gasteiger partial charge in [0.2, 0.25) is 11.9 Å². The maximum Gasteiger partial charge on any atom is 0.252 e. The summed E-state index contributed by atoms with van der Waals surface area (Å²) in [5, 5.41) is 7.48. The van der Waals surface area contributed by atoms with Gasteiger partial charge in [0.15, 0.2) is 5.76 Å². The lowest BCUT2D eigenvalue weighted by Gasteiger charge is -2.16. The van der Waals surface area contributed by atoms with Crippen LogP contribution in [0.2, 0.25) is 0 Å². The predicted octanol–water partition coefficient (Wildman–Crippen LogP) is 3.91. The van der Waals surface area contributed by atoms with E-state index in [4.69, 9.17) is 4.42 Å². The normalized spacial score (nSPS) is 11.9. The summed E-state index contributed by atoms with van der Waals surface area (Å²) in [5.74, 6) is 0.658. The molecule has 0 radical (unpaired) electrons. The molecule has 1 amide bonds. The highest BCUT2D eigenvalue weighted by Gasteiger charge is 2.22. The van der Waals surface area contributed by atoms with Crippen molar-refractivity contribution in [3.63, 3.8) is 0 Å². The van der Waals surface area contributed by atoms with E-state index in [1.165, 1.54) is 10.7 Å². The van der Waals surface area contributed by atoms with Crippen LogP contribution in [0.5, 0.6) is 0 Å². The number of hydrogen-bond donors (Lipinski definition) is 2. The number of amides is 1. The number of benzene rings is 1. The third-order valence-electron chi connectivity index (χ3n) is 5.01. The van der Waals surface area contributed by atoms with Crippen LogP contribution in [0, 0.1) is 0 Å². The molecule has 0 spiro atoms. The first-order valence-corrected chi connectivity index (χ1v) is 10.2. The number of H-pyrrole nitrogens is 1. The van der Waals surface area contributed by atoms with E-state index in [0.717, 1.165) is 5.56 Å². The van der Waals surface area contributed by atoms with Crippen LogP contribution < -0.4 is 10.9 Å². The van der Waals surface area contributed by atoms with Crippen LogP contribution >= 0.6 is 0 Å². The SMILES string of the molecule is CCc1cc(=O)[nH]c(-n2nc(-c3ccco3)cc2NC(=O)C(CC)c2ccccc2)n1. The summed E-state index contributed by atoms with van der Waals surface area (Å²) < 4.78 is 6.88. The van der Waals surface area contributed by atoms with Gasteiger partial charge in [-0.3, -0.25) is 14.6 Å². The van der Waals surface area contributed by atoms with Gasteiger partial charge in [-0.15, -0.1) is 0 Å². The molecule has 31 heavy (non-hydrogen) atoms. The highest BCUT2D eigenvalue weighted by Crippen LogP contribution is 2.26. The van der Waals surface area contributed by atoms with E-state index >= 15 is 0 Å². The predicted molar refractivity (Wildman–Crippen MR) is 117 cm³/mol. The van der Waals surface area contributed by atoms with Crippen molar-refractivity contribution in [2.24, 2.45) is 0 Å². The second-order valence-corrected chi connectivity index (χ2v) is 7.08. The molecule has 1 aromatic carbocycles. The Morgan fingerprint density at radius 1 is 1.16 bits per heavy atom. The minimum absolute atomic E-state index is 0.171. The van der Waals surface area contributed by atoms with E-state index in [9.17, 15) is 9.59 Å². The van der Waals surface area contributed by atoms with Crippen LogP contribution in [0.3, 0.4) is 0 Å². The van der Waals surface area contributed by atoms with Gasteiger partial charge in [0.1, 0.15) is 11.5 Å². The van der Waals surface area contributed by atoms with Crippen molar-refractivity contribution < 1.29 is 9.21 Å². The Hall–Kier alpha value is -3.94. The molecule has 8 heteroatoms. The molecule has 1 atom stereocenters. The molecular formula is C23H23N5O3. The molecule has 3 aromatic heterocycles. The number of aromatic nitrogens is 4. The molecule has 0 aliphatic heterocycles. The van der Waals surface area contributed by atoms with Gasteiger partial charge in [0.05, 0.1) is 12.2 Å². The standard InChI is InChI=1S/C23H23N5O3/c1-3-16-13-21(29)26-23(24-16)28-20(14-18(27-28)19-11-8-12-31-19)25-22(30)17(4-2)15-9-6-5-7-10-15/h5-14,17H,3-4H2,1-2H3,(H,25,30)(H,24,26,29). The van der Waals surface area contributed by atoms with Gasteiger partial charge < -0.3 is 9.73 Å². The Morgan fingerprint density at radius 2 is 1.97 bits per heavy atom. The van der Waals surface area contributed by atoms with Crippen LogP contribution in [-0.2, 0) is 11.2 Å². The molecule has 0 bridgehead atoms. The van der Waals surface area contributed by atoms with Crippen molar-refractivity contribution in [3.8, 4) is 17.4 Å². The number of rotatable bonds is 7. The Bertz CT molecular complexity index is 1230. The zero-order chi connectivity index (χ0) is 21.8. The number of nitrogens with zero attached hydrogens (tertiary/aromatic N) is 3. The van der Waals surface area contributed by atoms with E-state index in [2.05, 4.69) is 20.4 Å². The largest absolute Gasteiger partial charge is 0.463 e. The summed E-state index contributed by atoms with van der Waals surface area (Å²) in [6.07, 6.45) is 2.78. The van der Waals surface area contributed by atoms with Gasteiger partial charge >= 0.3 is 0 Å². The average molecular weight is 417 g/mol. The van der Waals surface area contributed by atoms with Gasteiger partial charge in [-0.25, -0.2) is 4.98 Å². The number of aryl methyl sites for hydroxylation is 1. The summed E-state index contributed by atoms with van der Waals surface area (Å²) in [7, 11) is 0. The van der Waals surface area contributed by atoms with Crippen molar-refractivity contribution in [1.82, 2.24) is 19.7 Å². The molecule has 0 aliphatic rings. The molecule has 0 fully saturated rings. The molecular weight excluding hydrogens is 394 g/mol. The summed E-state index contributed by atoms with van der Waals surface area (Å²) in [6, 6.07) is 16.3. The Kier molecular flexibility index (Phi) is 5.79. The minimum Gasteiger partial charge on any atom is -0.463 e. The van der Waals surface area contributed by atoms with Crippen LogP contribution in [0.25, 0.3) is 17.4 Å². The number of hydrogen-bond acceptors (Lipinski definition) is 5. The lowest BCUT2D eigenvalue weighted by Crippen LogP contribution is -2.23. The monoisotopic (exact) mass is 417 g/mol. The second-order valence-electron chi connectivity index (χ2n) is 7.08. The van der Waals surface area contributed by atoms with Gasteiger partial charge in [-0.05, 0) is 30.5 Å². The topological polar surface area (TPSA) is 106 Å². The van der Waals surface area contributed by atoms with Gasteiger partial charge in [-0.2, -0.15) is 9.78 Å². The fraction of sp³-hybridized carbons (Fsp3) is 0.217. The van der Waals surface area contributed by atoms with Crippen LogP contribution in [0.1, 0.15) is 37.4 Å². The Labute approximate surface area is 179 Å². The first-order chi connectivity index (χ1) is 15.1. The zero-order valence-corrected chi connectivity index (χ0v) is 17.3. The Balaban J connectivity index is 1.75. The lowest BCUT2D eigenvalue weighted by atomic mass is 9.96. The van der Waals surface area contributed by atoms with Crippen molar-refractivity contribution in [1.29, 1.82) is 0 Å². The first kappa shape index (κ1) is 20.3. The van der Waals surface area contributed by atoms with E-state index in [0.29, 0.717) is 35.8 Å². The smallest absolute Gasteiger partial charge is 0.252 e. The molecule has 3 heterocycles. The first-order valence-electron chi connectivity index (χ1n) is 10.2. The van der Waals surface area contributed by atoms with Gasteiger partial charge in [0, 0.05) is 17.8 Å². The van der Waals surface area contributed by atoms with E-state index in [1.807, 2.05) is 44.2 Å². The quantitative estimate of drug-likeness (QED) is 0.474. The fourth-order valence-electron chi connectivity index (χ4n) is 3.42. The number of carbonyl (C=O) groups is 1. The Morgan fingerprint density at radius 3 is 2.65 bits per heavy atom. The molecule has 158 valence electrons. The number of nitrogens with one attached hydrogen (secondary N) is 2. The van der Waals surface area contributed by atoms with Crippen molar-refractivity contribution in [3.05, 3.63) is 82.5 Å². The number of furan rings is 1. The number of aromatic amines is 1. The van der Waals surface area contributed by atoms with E-state index < -0.39 is 0 Å². The maximum absolute atomic E-state index is 13.1. The maximum atomic E-state index is 13.1. The fourth-order valence-corrected chi connectivity index (χ4v) is 3.42. The highest BCUT2D eigenvalue weighted by atomic mass is 16.3. The zero-order valence-electron chi connectivity index (χ0n) is 17.3. The van der Waals surface area contributed by atoms with Crippen molar-refractivity contribution >= 4 is 11.7 Å². The van der Waals surface area contributed by atoms with E-state index in [1.54, 1.807) is 24.5 Å². The van der Waals surface area contributed by atoms with Crippen molar-refractivity contribution in [2.45, 2.75) is 32.6 Å². The third-order valence-corrected chi connectivity index (χ3v) is 5.01. The summed E-state index contributed by atoms with van der Waals surface area (Å²) in [4.78, 5) is 32.4. The van der Waals surface area contributed by atoms with Gasteiger partial charge in [0.25, 0.3) is 5.56 Å². The highest BCUT2D eigenvalue weighted by molar-refractivity contribution is 5.95. The van der Waals surface area contributed by atoms with Crippen LogP contribution in [0.4, 0.5) is 5.82 Å². The van der Waals surface area contributed by atoms with Crippen LogP contribution in [0.15, 0.2) is 70.1 Å². The molecule has 1 unspecified atom stereocenters. The molecule has 4 aromatic rings. The van der Waals surface area contributed by atoms with Crippen molar-refractivity contribution in [2.75, 3.05) is 5.32 Å². The summed E-state index contributed by atoms with van der Waals surface area (Å²) in [6.45, 7) is 3.88. The minimum atomic E-state index is -0.328. The van der Waals surface area contributed by atoms with Crippen LogP contribution in [-0.4, -0.2) is 25.7 Å². The molecule has 0 saturated heterocycles. The molecule has 0 aliphatic carbocycles. The molecule has 2 N–H and O–H groups in total. The summed E-state index contributed by atoms with van der Waals surface area (Å²) in [5.41, 5.74) is 1.78. The average Bonchev–Trinajstić information content (AvgIpc) is 3.44. The number of anilines is 1. The number of carbonyl (C=O) groups excluding carboxylic acids is 1. The lowest BCUT2D eigenvalue weighted by molar-refractivity contribution is -0.117. The molecule has 8 nitrogen and oxygen atoms in total. The molecule has 4 rings (SSSR count). The van der Waals surface area contributed by atoms with Gasteiger partial charge in [-0.1, -0.05) is 44.2 Å². The van der Waals surface area contributed by atoms with E-state index in [-0.39, 0.29) is 23.3 Å². The third kappa shape index (κ3) is 4.32. The summed E-state index contributed by atoms with van der Waals surface area (Å²) >= 11 is 0. The second kappa shape index (κ2) is 8.83.